The molecule has 88 valence electrons. The number of nitrogens with zero attached hydrogens (tertiary/aromatic N) is 1. The summed E-state index contributed by atoms with van der Waals surface area (Å²) < 4.78 is 5.32. The van der Waals surface area contributed by atoms with E-state index in [0.29, 0.717) is 18.1 Å². The number of benzene rings is 1. The SMILES string of the molecule is O=C(O)Cc1cnc(CCc2ccccc2)o1. The van der Waals surface area contributed by atoms with Crippen LogP contribution in [-0.4, -0.2) is 16.1 Å². The zero-order valence-electron chi connectivity index (χ0n) is 9.30. The molecule has 4 nitrogen and oxygen atoms in total. The third-order valence-electron chi connectivity index (χ3n) is 2.40. The minimum absolute atomic E-state index is 0.113. The summed E-state index contributed by atoms with van der Waals surface area (Å²) in [5.74, 6) is 0.0847. The molecule has 0 amide bonds. The number of carboxylic acid groups (broad SMARTS) is 1. The summed E-state index contributed by atoms with van der Waals surface area (Å²) in [6, 6.07) is 10.0. The van der Waals surface area contributed by atoms with E-state index in [0.717, 1.165) is 6.42 Å². The lowest BCUT2D eigenvalue weighted by molar-refractivity contribution is -0.136. The van der Waals surface area contributed by atoms with Gasteiger partial charge >= 0.3 is 5.97 Å². The third kappa shape index (κ3) is 3.45. The Kier molecular flexibility index (Phi) is 3.55. The molecule has 1 N–H and O–H groups in total. The van der Waals surface area contributed by atoms with E-state index < -0.39 is 5.97 Å². The third-order valence-corrected chi connectivity index (χ3v) is 2.40. The number of hydrogen-bond acceptors (Lipinski definition) is 3. The average Bonchev–Trinajstić information content (AvgIpc) is 2.75. The second kappa shape index (κ2) is 5.30. The monoisotopic (exact) mass is 231 g/mol. The summed E-state index contributed by atoms with van der Waals surface area (Å²) in [6.45, 7) is 0. The molecule has 0 spiro atoms. The van der Waals surface area contributed by atoms with E-state index in [9.17, 15) is 4.79 Å². The van der Waals surface area contributed by atoms with Crippen molar-refractivity contribution in [1.82, 2.24) is 4.98 Å². The van der Waals surface area contributed by atoms with Gasteiger partial charge in [-0.3, -0.25) is 4.79 Å². The molecule has 0 radical (unpaired) electrons. The van der Waals surface area contributed by atoms with Crippen LogP contribution in [0, 0.1) is 0 Å². The van der Waals surface area contributed by atoms with E-state index in [4.69, 9.17) is 9.52 Å². The van der Waals surface area contributed by atoms with Crippen molar-refractivity contribution in [2.24, 2.45) is 0 Å². The fraction of sp³-hybridized carbons (Fsp3) is 0.231. The van der Waals surface area contributed by atoms with Crippen molar-refractivity contribution in [1.29, 1.82) is 0 Å². The van der Waals surface area contributed by atoms with Crippen LogP contribution >= 0.6 is 0 Å². The number of rotatable bonds is 5. The maximum Gasteiger partial charge on any atom is 0.311 e. The Balaban J connectivity index is 1.91. The van der Waals surface area contributed by atoms with Crippen molar-refractivity contribution in [3.05, 3.63) is 53.7 Å². The summed E-state index contributed by atoms with van der Waals surface area (Å²) in [5.41, 5.74) is 1.21. The fourth-order valence-corrected chi connectivity index (χ4v) is 1.59. The summed E-state index contributed by atoms with van der Waals surface area (Å²) >= 11 is 0. The van der Waals surface area contributed by atoms with Crippen LogP contribution in [0.2, 0.25) is 0 Å². The second-order valence-electron chi connectivity index (χ2n) is 3.78. The van der Waals surface area contributed by atoms with Crippen LogP contribution in [0.3, 0.4) is 0 Å². The number of aryl methyl sites for hydroxylation is 2. The quantitative estimate of drug-likeness (QED) is 0.855. The van der Waals surface area contributed by atoms with Gasteiger partial charge in [0, 0.05) is 6.42 Å². The molecular formula is C13H13NO3. The molecule has 0 aliphatic heterocycles. The van der Waals surface area contributed by atoms with E-state index in [-0.39, 0.29) is 6.42 Å². The minimum atomic E-state index is -0.907. The molecule has 0 saturated heterocycles. The van der Waals surface area contributed by atoms with Crippen LogP contribution in [0.15, 0.2) is 40.9 Å². The molecule has 1 aromatic heterocycles. The summed E-state index contributed by atoms with van der Waals surface area (Å²) in [7, 11) is 0. The topological polar surface area (TPSA) is 63.3 Å². The second-order valence-corrected chi connectivity index (χ2v) is 3.78. The van der Waals surface area contributed by atoms with Gasteiger partial charge in [0.1, 0.15) is 12.2 Å². The van der Waals surface area contributed by atoms with Gasteiger partial charge in [-0.2, -0.15) is 0 Å². The van der Waals surface area contributed by atoms with Crippen molar-refractivity contribution >= 4 is 5.97 Å². The van der Waals surface area contributed by atoms with Crippen molar-refractivity contribution < 1.29 is 14.3 Å². The Morgan fingerprint density at radius 1 is 1.24 bits per heavy atom. The Hall–Kier alpha value is -2.10. The maximum atomic E-state index is 10.5. The number of aromatic nitrogens is 1. The fourth-order valence-electron chi connectivity index (χ4n) is 1.59. The Morgan fingerprint density at radius 2 is 2.00 bits per heavy atom. The molecule has 0 bridgehead atoms. The van der Waals surface area contributed by atoms with Gasteiger partial charge in [-0.25, -0.2) is 4.98 Å². The molecule has 0 atom stereocenters. The zero-order chi connectivity index (χ0) is 12.1. The van der Waals surface area contributed by atoms with Crippen LogP contribution in [0.1, 0.15) is 17.2 Å². The number of carbonyl (C=O) groups is 1. The van der Waals surface area contributed by atoms with Crippen molar-refractivity contribution in [2.75, 3.05) is 0 Å². The highest BCUT2D eigenvalue weighted by Crippen LogP contribution is 2.09. The molecule has 4 heteroatoms. The molecule has 0 aliphatic carbocycles. The molecule has 2 aromatic rings. The van der Waals surface area contributed by atoms with Crippen molar-refractivity contribution in [3.63, 3.8) is 0 Å². The predicted octanol–water partition coefficient (Wildman–Crippen LogP) is 2.09. The number of hydrogen-bond donors (Lipinski definition) is 1. The molecule has 2 rings (SSSR count). The first kappa shape index (κ1) is 11.4. The Morgan fingerprint density at radius 3 is 2.71 bits per heavy atom. The van der Waals surface area contributed by atoms with E-state index in [1.165, 1.54) is 11.8 Å². The first-order chi connectivity index (χ1) is 8.24. The Bertz CT molecular complexity index is 490. The highest BCUT2D eigenvalue weighted by molar-refractivity contribution is 5.69. The molecule has 0 unspecified atom stereocenters. The molecule has 17 heavy (non-hydrogen) atoms. The molecule has 0 saturated carbocycles. The number of aliphatic carboxylic acids is 1. The normalized spacial score (nSPS) is 10.4. The standard InChI is InChI=1S/C13H13NO3/c15-13(16)8-11-9-14-12(17-11)7-6-10-4-2-1-3-5-10/h1-5,9H,6-8H2,(H,15,16). The van der Waals surface area contributed by atoms with E-state index in [2.05, 4.69) is 4.98 Å². The van der Waals surface area contributed by atoms with Crippen molar-refractivity contribution in [2.45, 2.75) is 19.3 Å². The number of carboxylic acids is 1. The van der Waals surface area contributed by atoms with Gasteiger partial charge in [-0.05, 0) is 12.0 Å². The van der Waals surface area contributed by atoms with Crippen LogP contribution in [-0.2, 0) is 24.1 Å². The predicted molar refractivity (Wildman–Crippen MR) is 61.7 cm³/mol. The highest BCUT2D eigenvalue weighted by Gasteiger charge is 2.07. The lowest BCUT2D eigenvalue weighted by Crippen LogP contribution is -1.98. The Labute approximate surface area is 98.9 Å². The molecular weight excluding hydrogens is 218 g/mol. The van der Waals surface area contributed by atoms with Gasteiger partial charge in [0.2, 0.25) is 0 Å². The zero-order valence-corrected chi connectivity index (χ0v) is 9.30. The lowest BCUT2D eigenvalue weighted by Gasteiger charge is -1.97. The van der Waals surface area contributed by atoms with Crippen LogP contribution < -0.4 is 0 Å². The molecule has 1 aromatic carbocycles. The largest absolute Gasteiger partial charge is 0.481 e. The first-order valence-corrected chi connectivity index (χ1v) is 5.43. The van der Waals surface area contributed by atoms with E-state index in [1.54, 1.807) is 0 Å². The van der Waals surface area contributed by atoms with Gasteiger partial charge in [-0.1, -0.05) is 30.3 Å². The smallest absolute Gasteiger partial charge is 0.311 e. The summed E-state index contributed by atoms with van der Waals surface area (Å²) in [5, 5.41) is 8.60. The minimum Gasteiger partial charge on any atom is -0.481 e. The van der Waals surface area contributed by atoms with E-state index in [1.807, 2.05) is 30.3 Å². The number of oxazole rings is 1. The maximum absolute atomic E-state index is 10.5. The molecule has 1 heterocycles. The van der Waals surface area contributed by atoms with Gasteiger partial charge < -0.3 is 9.52 Å². The summed E-state index contributed by atoms with van der Waals surface area (Å²) in [4.78, 5) is 14.5. The van der Waals surface area contributed by atoms with Crippen molar-refractivity contribution in [3.8, 4) is 0 Å². The van der Waals surface area contributed by atoms with Crippen LogP contribution in [0.5, 0.6) is 0 Å². The highest BCUT2D eigenvalue weighted by atomic mass is 16.4. The van der Waals surface area contributed by atoms with Gasteiger partial charge in [-0.15, -0.1) is 0 Å². The van der Waals surface area contributed by atoms with Gasteiger partial charge in [0.15, 0.2) is 5.89 Å². The van der Waals surface area contributed by atoms with E-state index >= 15 is 0 Å². The lowest BCUT2D eigenvalue weighted by atomic mass is 10.1. The molecule has 0 aliphatic rings. The van der Waals surface area contributed by atoms with Crippen LogP contribution in [0.25, 0.3) is 0 Å². The van der Waals surface area contributed by atoms with Gasteiger partial charge in [0.25, 0.3) is 0 Å². The first-order valence-electron chi connectivity index (χ1n) is 5.43. The van der Waals surface area contributed by atoms with Crippen LogP contribution in [0.4, 0.5) is 0 Å². The molecule has 0 fully saturated rings. The van der Waals surface area contributed by atoms with Gasteiger partial charge in [0.05, 0.1) is 6.20 Å². The average molecular weight is 231 g/mol. The summed E-state index contributed by atoms with van der Waals surface area (Å²) in [6.07, 6.45) is 2.89.